The van der Waals surface area contributed by atoms with Gasteiger partial charge in [-0.3, -0.25) is 4.79 Å². The minimum atomic E-state index is 0.194. The van der Waals surface area contributed by atoms with Crippen LogP contribution in [0.5, 0.6) is 0 Å². The highest BCUT2D eigenvalue weighted by atomic mass is 16.5. The summed E-state index contributed by atoms with van der Waals surface area (Å²) in [5, 5.41) is 6.49. The molecule has 19 heavy (non-hydrogen) atoms. The lowest BCUT2D eigenvalue weighted by molar-refractivity contribution is -0.122. The summed E-state index contributed by atoms with van der Waals surface area (Å²) in [6.07, 6.45) is 6.54. The first-order valence-electron chi connectivity index (χ1n) is 7.84. The second kappa shape index (κ2) is 7.85. The van der Waals surface area contributed by atoms with Crippen molar-refractivity contribution in [3.63, 3.8) is 0 Å². The van der Waals surface area contributed by atoms with Crippen molar-refractivity contribution in [2.24, 2.45) is 11.8 Å². The summed E-state index contributed by atoms with van der Waals surface area (Å²) in [5.41, 5.74) is 0. The Labute approximate surface area is 116 Å². The lowest BCUT2D eigenvalue weighted by atomic mass is 9.88. The first-order chi connectivity index (χ1) is 9.25. The largest absolute Gasteiger partial charge is 0.378 e. The van der Waals surface area contributed by atoms with Gasteiger partial charge in [-0.25, -0.2) is 0 Å². The lowest BCUT2D eigenvalue weighted by Gasteiger charge is -2.29. The zero-order valence-corrected chi connectivity index (χ0v) is 12.1. The topological polar surface area (TPSA) is 50.4 Å². The van der Waals surface area contributed by atoms with Crippen LogP contribution in [-0.4, -0.2) is 38.3 Å². The average Bonchev–Trinajstić information content (AvgIpc) is 2.45. The number of hydrogen-bond acceptors (Lipinski definition) is 3. The third kappa shape index (κ3) is 5.11. The van der Waals surface area contributed by atoms with Gasteiger partial charge >= 0.3 is 0 Å². The quantitative estimate of drug-likeness (QED) is 0.798. The molecule has 2 N–H and O–H groups in total. The van der Waals surface area contributed by atoms with Crippen LogP contribution in [-0.2, 0) is 9.53 Å². The molecule has 2 aliphatic rings. The van der Waals surface area contributed by atoms with Gasteiger partial charge in [0, 0.05) is 19.6 Å². The summed E-state index contributed by atoms with van der Waals surface area (Å²) < 4.78 is 5.65. The average molecular weight is 268 g/mol. The maximum Gasteiger partial charge on any atom is 0.220 e. The third-order valence-corrected chi connectivity index (χ3v) is 4.49. The van der Waals surface area contributed by atoms with Crippen molar-refractivity contribution >= 4 is 5.91 Å². The van der Waals surface area contributed by atoms with Crippen LogP contribution in [0.15, 0.2) is 0 Å². The minimum Gasteiger partial charge on any atom is -0.378 e. The van der Waals surface area contributed by atoms with Crippen LogP contribution in [0.4, 0.5) is 0 Å². The van der Waals surface area contributed by atoms with Gasteiger partial charge in [0.2, 0.25) is 5.91 Å². The molecule has 0 spiro atoms. The number of nitrogens with one attached hydrogen (secondary N) is 2. The predicted octanol–water partition coefficient (Wildman–Crippen LogP) is 1.70. The van der Waals surface area contributed by atoms with Gasteiger partial charge in [0.1, 0.15) is 0 Å². The van der Waals surface area contributed by atoms with Crippen molar-refractivity contribution in [2.75, 3.05) is 26.2 Å². The summed E-state index contributed by atoms with van der Waals surface area (Å²) in [5.74, 6) is 1.49. The fraction of sp³-hybridized carbons (Fsp3) is 0.933. The SMILES string of the molecule is CC1CNCCC1CNC(=O)CCC1CCCCO1. The normalized spacial score (nSPS) is 31.9. The van der Waals surface area contributed by atoms with E-state index in [9.17, 15) is 4.79 Å². The van der Waals surface area contributed by atoms with E-state index in [1.807, 2.05) is 0 Å². The van der Waals surface area contributed by atoms with Gasteiger partial charge in [0.15, 0.2) is 0 Å². The lowest BCUT2D eigenvalue weighted by Crippen LogP contribution is -2.41. The van der Waals surface area contributed by atoms with Gasteiger partial charge in [-0.05, 0) is 57.0 Å². The van der Waals surface area contributed by atoms with Gasteiger partial charge in [-0.1, -0.05) is 6.92 Å². The third-order valence-electron chi connectivity index (χ3n) is 4.49. The molecule has 2 aliphatic heterocycles. The highest BCUT2D eigenvalue weighted by Gasteiger charge is 2.21. The molecule has 2 saturated heterocycles. The molecule has 4 heteroatoms. The summed E-state index contributed by atoms with van der Waals surface area (Å²) in [4.78, 5) is 11.9. The number of ether oxygens (including phenoxy) is 1. The van der Waals surface area contributed by atoms with Gasteiger partial charge in [-0.15, -0.1) is 0 Å². The fourth-order valence-electron chi connectivity index (χ4n) is 3.03. The highest BCUT2D eigenvalue weighted by molar-refractivity contribution is 5.75. The van der Waals surface area contributed by atoms with Crippen molar-refractivity contribution in [2.45, 2.75) is 51.6 Å². The summed E-state index contributed by atoms with van der Waals surface area (Å²) in [6, 6.07) is 0. The fourth-order valence-corrected chi connectivity index (χ4v) is 3.03. The standard InChI is InChI=1S/C15H28N2O2/c1-12-10-16-8-7-13(12)11-17-15(18)6-5-14-4-2-3-9-19-14/h12-14,16H,2-11H2,1H3,(H,17,18). The van der Waals surface area contributed by atoms with E-state index >= 15 is 0 Å². The number of hydrogen-bond donors (Lipinski definition) is 2. The van der Waals surface area contributed by atoms with Crippen LogP contribution in [0.25, 0.3) is 0 Å². The molecular weight excluding hydrogens is 240 g/mol. The molecule has 3 atom stereocenters. The van der Waals surface area contributed by atoms with Crippen LogP contribution < -0.4 is 10.6 Å². The van der Waals surface area contributed by atoms with Crippen LogP contribution in [0.3, 0.4) is 0 Å². The first-order valence-corrected chi connectivity index (χ1v) is 7.84. The summed E-state index contributed by atoms with van der Waals surface area (Å²) in [7, 11) is 0. The summed E-state index contributed by atoms with van der Waals surface area (Å²) in [6.45, 7) is 6.14. The molecule has 2 fully saturated rings. The molecule has 3 unspecified atom stereocenters. The van der Waals surface area contributed by atoms with E-state index < -0.39 is 0 Å². The monoisotopic (exact) mass is 268 g/mol. The zero-order valence-electron chi connectivity index (χ0n) is 12.1. The second-order valence-corrected chi connectivity index (χ2v) is 6.06. The van der Waals surface area contributed by atoms with Gasteiger partial charge < -0.3 is 15.4 Å². The molecular formula is C15H28N2O2. The smallest absolute Gasteiger partial charge is 0.220 e. The van der Waals surface area contributed by atoms with Gasteiger partial charge in [0.05, 0.1) is 6.10 Å². The maximum absolute atomic E-state index is 11.9. The van der Waals surface area contributed by atoms with Crippen LogP contribution in [0.1, 0.15) is 45.4 Å². The molecule has 0 bridgehead atoms. The Morgan fingerprint density at radius 1 is 1.37 bits per heavy atom. The Hall–Kier alpha value is -0.610. The number of piperidine rings is 1. The predicted molar refractivity (Wildman–Crippen MR) is 76.0 cm³/mol. The highest BCUT2D eigenvalue weighted by Crippen LogP contribution is 2.18. The Morgan fingerprint density at radius 2 is 2.26 bits per heavy atom. The maximum atomic E-state index is 11.9. The van der Waals surface area contributed by atoms with E-state index in [-0.39, 0.29) is 5.91 Å². The minimum absolute atomic E-state index is 0.194. The van der Waals surface area contributed by atoms with Crippen molar-refractivity contribution in [3.05, 3.63) is 0 Å². The van der Waals surface area contributed by atoms with E-state index in [1.54, 1.807) is 0 Å². The molecule has 0 aliphatic carbocycles. The second-order valence-electron chi connectivity index (χ2n) is 6.06. The molecule has 0 aromatic heterocycles. The number of rotatable bonds is 5. The van der Waals surface area contributed by atoms with Gasteiger partial charge in [0.25, 0.3) is 0 Å². The number of amides is 1. The summed E-state index contributed by atoms with van der Waals surface area (Å²) >= 11 is 0. The van der Waals surface area contributed by atoms with Crippen molar-refractivity contribution in [3.8, 4) is 0 Å². The van der Waals surface area contributed by atoms with Crippen LogP contribution in [0, 0.1) is 11.8 Å². The van der Waals surface area contributed by atoms with Crippen LogP contribution >= 0.6 is 0 Å². The van der Waals surface area contributed by atoms with E-state index in [0.717, 1.165) is 39.1 Å². The molecule has 0 aromatic carbocycles. The van der Waals surface area contributed by atoms with E-state index in [4.69, 9.17) is 4.74 Å². The van der Waals surface area contributed by atoms with Crippen molar-refractivity contribution in [1.29, 1.82) is 0 Å². The molecule has 2 heterocycles. The molecule has 110 valence electrons. The number of carbonyl (C=O) groups excluding carboxylic acids is 1. The Bertz CT molecular complexity index is 277. The molecule has 4 nitrogen and oxygen atoms in total. The van der Waals surface area contributed by atoms with E-state index in [1.165, 1.54) is 19.3 Å². The molecule has 0 aromatic rings. The Balaban J connectivity index is 1.58. The van der Waals surface area contributed by atoms with Crippen molar-refractivity contribution in [1.82, 2.24) is 10.6 Å². The molecule has 1 amide bonds. The van der Waals surface area contributed by atoms with E-state index in [0.29, 0.717) is 24.4 Å². The first kappa shape index (κ1) is 14.8. The molecule has 0 saturated carbocycles. The van der Waals surface area contributed by atoms with Crippen molar-refractivity contribution < 1.29 is 9.53 Å². The Kier molecular flexibility index (Phi) is 6.11. The molecule has 0 radical (unpaired) electrons. The van der Waals surface area contributed by atoms with E-state index in [2.05, 4.69) is 17.6 Å². The van der Waals surface area contributed by atoms with Crippen LogP contribution in [0.2, 0.25) is 0 Å². The zero-order chi connectivity index (χ0) is 13.5. The molecule has 2 rings (SSSR count). The van der Waals surface area contributed by atoms with Gasteiger partial charge in [-0.2, -0.15) is 0 Å². The Morgan fingerprint density at radius 3 is 3.00 bits per heavy atom. The number of carbonyl (C=O) groups is 1.